The van der Waals surface area contributed by atoms with Gasteiger partial charge in [-0.25, -0.2) is 0 Å². The number of carbonyl (C=O) groups excluding carboxylic acids is 3. The molecule has 0 aliphatic heterocycles. The van der Waals surface area contributed by atoms with Crippen molar-refractivity contribution in [3.63, 3.8) is 0 Å². The number of allylic oxidation sites excluding steroid dienone is 30. The van der Waals surface area contributed by atoms with Gasteiger partial charge in [0.15, 0.2) is 6.10 Å². The predicted octanol–water partition coefficient (Wildman–Crippen LogP) is 23.2. The van der Waals surface area contributed by atoms with Gasteiger partial charge in [0.25, 0.3) is 0 Å². The van der Waals surface area contributed by atoms with E-state index in [1.807, 2.05) is 0 Å². The van der Waals surface area contributed by atoms with E-state index in [4.69, 9.17) is 14.2 Å². The molecule has 0 N–H and O–H groups in total. The van der Waals surface area contributed by atoms with E-state index in [1.165, 1.54) is 32.1 Å². The van der Waals surface area contributed by atoms with E-state index in [9.17, 15) is 14.4 Å². The quantitative estimate of drug-likeness (QED) is 0.0261. The zero-order valence-electron chi connectivity index (χ0n) is 53.1. The summed E-state index contributed by atoms with van der Waals surface area (Å²) in [6.07, 6.45) is 104. The van der Waals surface area contributed by atoms with Gasteiger partial charge in [-0.15, -0.1) is 0 Å². The fourth-order valence-corrected chi connectivity index (χ4v) is 8.50. The Morgan fingerprint density at radius 1 is 0.253 bits per heavy atom. The van der Waals surface area contributed by atoms with Crippen LogP contribution in [0.4, 0.5) is 0 Å². The molecule has 0 rings (SSSR count). The molecular formula is C77H120O6. The van der Waals surface area contributed by atoms with Crippen LogP contribution < -0.4 is 0 Å². The lowest BCUT2D eigenvalue weighted by atomic mass is 10.1. The summed E-state index contributed by atoms with van der Waals surface area (Å²) in [5.74, 6) is -0.945. The molecule has 6 heteroatoms. The Morgan fingerprint density at radius 3 is 0.735 bits per heavy atom. The first-order chi connectivity index (χ1) is 41.0. The van der Waals surface area contributed by atoms with Crippen LogP contribution in [0.1, 0.15) is 265 Å². The maximum Gasteiger partial charge on any atom is 0.306 e. The Kier molecular flexibility index (Phi) is 64.4. The van der Waals surface area contributed by atoms with Gasteiger partial charge in [0.1, 0.15) is 13.2 Å². The Hall–Kier alpha value is -5.49. The Morgan fingerprint density at radius 2 is 0.470 bits per heavy atom. The molecular weight excluding hydrogens is 1020 g/mol. The van der Waals surface area contributed by atoms with Crippen LogP contribution in [0.3, 0.4) is 0 Å². The first kappa shape index (κ1) is 77.5. The first-order valence-corrected chi connectivity index (χ1v) is 33.3. The number of ether oxygens (including phenoxy) is 3. The normalized spacial score (nSPS) is 13.3. The Balaban J connectivity index is 4.16. The van der Waals surface area contributed by atoms with E-state index < -0.39 is 6.10 Å². The van der Waals surface area contributed by atoms with Gasteiger partial charge < -0.3 is 14.2 Å². The molecule has 0 radical (unpaired) electrons. The molecule has 0 heterocycles. The number of rotatable bonds is 58. The number of hydrogen-bond donors (Lipinski definition) is 0. The van der Waals surface area contributed by atoms with E-state index in [0.29, 0.717) is 19.3 Å². The van der Waals surface area contributed by atoms with Crippen LogP contribution in [-0.2, 0) is 28.6 Å². The topological polar surface area (TPSA) is 78.9 Å². The zero-order chi connectivity index (χ0) is 59.9. The molecule has 0 bridgehead atoms. The van der Waals surface area contributed by atoms with Crippen molar-refractivity contribution in [1.82, 2.24) is 0 Å². The molecule has 0 amide bonds. The summed E-state index contributed by atoms with van der Waals surface area (Å²) in [4.78, 5) is 38.0. The van der Waals surface area contributed by atoms with Crippen molar-refractivity contribution >= 4 is 17.9 Å². The maximum absolute atomic E-state index is 12.8. The van der Waals surface area contributed by atoms with Gasteiger partial charge in [0.2, 0.25) is 0 Å². The summed E-state index contributed by atoms with van der Waals surface area (Å²) in [5.41, 5.74) is 0. The molecule has 83 heavy (non-hydrogen) atoms. The highest BCUT2D eigenvalue weighted by atomic mass is 16.6. The molecule has 1 unspecified atom stereocenters. The van der Waals surface area contributed by atoms with Crippen LogP contribution in [0.25, 0.3) is 0 Å². The van der Waals surface area contributed by atoms with Crippen LogP contribution in [-0.4, -0.2) is 37.2 Å². The number of hydrogen-bond acceptors (Lipinski definition) is 6. The second-order valence-corrected chi connectivity index (χ2v) is 21.3. The molecule has 0 aromatic carbocycles. The number of esters is 3. The monoisotopic (exact) mass is 1140 g/mol. The molecule has 6 nitrogen and oxygen atoms in total. The molecule has 1 atom stereocenters. The fraction of sp³-hybridized carbons (Fsp3) is 0.571. The van der Waals surface area contributed by atoms with Crippen molar-refractivity contribution in [3.05, 3.63) is 182 Å². The molecule has 0 saturated carbocycles. The van der Waals surface area contributed by atoms with Crippen LogP contribution >= 0.6 is 0 Å². The van der Waals surface area contributed by atoms with Crippen molar-refractivity contribution in [2.75, 3.05) is 13.2 Å². The van der Waals surface area contributed by atoms with Gasteiger partial charge in [0, 0.05) is 19.3 Å². The highest BCUT2D eigenvalue weighted by molar-refractivity contribution is 5.71. The van der Waals surface area contributed by atoms with Gasteiger partial charge in [-0.05, 0) is 141 Å². The minimum absolute atomic E-state index is 0.0959. The van der Waals surface area contributed by atoms with Crippen LogP contribution in [0, 0.1) is 0 Å². The summed E-state index contributed by atoms with van der Waals surface area (Å²) in [5, 5.41) is 0. The molecule has 0 saturated heterocycles. The predicted molar refractivity (Wildman–Crippen MR) is 361 cm³/mol. The Bertz CT molecular complexity index is 1940. The van der Waals surface area contributed by atoms with Crippen LogP contribution in [0.5, 0.6) is 0 Å². The van der Waals surface area contributed by atoms with E-state index >= 15 is 0 Å². The van der Waals surface area contributed by atoms with Crippen molar-refractivity contribution in [1.29, 1.82) is 0 Å². The highest BCUT2D eigenvalue weighted by Crippen LogP contribution is 2.14. The average molecular weight is 1140 g/mol. The third kappa shape index (κ3) is 67.2. The lowest BCUT2D eigenvalue weighted by Crippen LogP contribution is -2.30. The van der Waals surface area contributed by atoms with Crippen molar-refractivity contribution in [3.8, 4) is 0 Å². The largest absolute Gasteiger partial charge is 0.462 e. The van der Waals surface area contributed by atoms with Crippen molar-refractivity contribution < 1.29 is 28.6 Å². The first-order valence-electron chi connectivity index (χ1n) is 33.3. The molecule has 0 spiro atoms. The van der Waals surface area contributed by atoms with Crippen molar-refractivity contribution in [2.45, 2.75) is 271 Å². The molecule has 0 fully saturated rings. The summed E-state index contributed by atoms with van der Waals surface area (Å²) in [7, 11) is 0. The van der Waals surface area contributed by atoms with Gasteiger partial charge >= 0.3 is 17.9 Å². The van der Waals surface area contributed by atoms with Crippen LogP contribution in [0.15, 0.2) is 182 Å². The zero-order valence-corrected chi connectivity index (χ0v) is 53.1. The molecule has 0 aromatic heterocycles. The highest BCUT2D eigenvalue weighted by Gasteiger charge is 2.19. The standard InChI is InChI=1S/C77H120O6/c1-4-7-10-13-15-17-19-21-23-25-27-29-31-33-35-36-37-38-39-40-42-43-45-47-49-51-53-55-57-59-61-64-67-70-76(79)82-73-74(72-81-75(78)69-66-63-12-9-6-3)83-77(80)71-68-65-62-60-58-56-54-52-50-48-46-44-41-34-32-30-28-26-24-22-20-18-16-14-11-8-5-2/h7-8,10-11,15-18,21-24,27-30,33-35,37-38,40-42,45-48,51,53,74H,4-6,9,12-14,19-20,25-26,31-32,36,39,43-44,49-50,52,54-73H2,1-3H3/b10-7-,11-8-,17-15-,18-16-,23-21-,24-22-,29-27-,30-28-,35-33-,38-37-,41-34-,42-40-,47-45-,48-46-,53-51-. The lowest BCUT2D eigenvalue weighted by Gasteiger charge is -2.18. The van der Waals surface area contributed by atoms with Gasteiger partial charge in [0.05, 0.1) is 0 Å². The number of unbranched alkanes of at least 4 members (excludes halogenated alkanes) is 17. The van der Waals surface area contributed by atoms with Crippen LogP contribution in [0.2, 0.25) is 0 Å². The smallest absolute Gasteiger partial charge is 0.306 e. The third-order valence-electron chi connectivity index (χ3n) is 13.4. The average Bonchev–Trinajstić information content (AvgIpc) is 3.49. The summed E-state index contributed by atoms with van der Waals surface area (Å²) < 4.78 is 16.8. The SMILES string of the molecule is CC/C=C\C/C=C\C/C=C\C/C=C\C/C=C\C/C=C\C/C=C\C/C=C\C/C=C\CCCCCCCC(=O)OCC(COC(=O)CCCCCCC)OC(=O)CCCCCCCCCC/C=C\C/C=C\C/C=C\C/C=C\C/C=C\C/C=C\CC. The van der Waals surface area contributed by atoms with E-state index in [1.54, 1.807) is 0 Å². The minimum atomic E-state index is -0.798. The van der Waals surface area contributed by atoms with Gasteiger partial charge in [-0.2, -0.15) is 0 Å². The molecule has 0 aliphatic carbocycles. The van der Waals surface area contributed by atoms with Crippen molar-refractivity contribution in [2.24, 2.45) is 0 Å². The van der Waals surface area contributed by atoms with Gasteiger partial charge in [-0.1, -0.05) is 287 Å². The summed E-state index contributed by atoms with van der Waals surface area (Å²) >= 11 is 0. The Labute approximate surface area is 510 Å². The summed E-state index contributed by atoms with van der Waals surface area (Å²) in [6, 6.07) is 0. The second kappa shape index (κ2) is 69.0. The third-order valence-corrected chi connectivity index (χ3v) is 13.4. The second-order valence-electron chi connectivity index (χ2n) is 21.3. The van der Waals surface area contributed by atoms with E-state index in [-0.39, 0.29) is 31.1 Å². The maximum atomic E-state index is 12.8. The number of carbonyl (C=O) groups is 3. The van der Waals surface area contributed by atoms with E-state index in [0.717, 1.165) is 193 Å². The molecule has 0 aliphatic rings. The van der Waals surface area contributed by atoms with Gasteiger partial charge in [-0.3, -0.25) is 14.4 Å². The minimum Gasteiger partial charge on any atom is -0.462 e. The molecule has 464 valence electrons. The summed E-state index contributed by atoms with van der Waals surface area (Å²) in [6.45, 7) is 6.29. The fourth-order valence-electron chi connectivity index (χ4n) is 8.50. The lowest BCUT2D eigenvalue weighted by molar-refractivity contribution is -0.167. The van der Waals surface area contributed by atoms with E-state index in [2.05, 4.69) is 203 Å². The molecule has 0 aromatic rings.